The molecule has 0 amide bonds. The first-order chi connectivity index (χ1) is 7.95. The first-order valence-electron chi connectivity index (χ1n) is 5.72. The van der Waals surface area contributed by atoms with Crippen molar-refractivity contribution in [2.75, 3.05) is 0 Å². The van der Waals surface area contributed by atoms with Crippen LogP contribution in [0.5, 0.6) is 0 Å². The molecule has 0 saturated carbocycles. The van der Waals surface area contributed by atoms with Crippen molar-refractivity contribution in [3.05, 3.63) is 34.3 Å². The number of carboxylic acid groups (broad SMARTS) is 1. The Labute approximate surface area is 106 Å². The predicted octanol–water partition coefficient (Wildman–Crippen LogP) is 2.35. The van der Waals surface area contributed by atoms with E-state index in [1.165, 1.54) is 0 Å². The van der Waals surface area contributed by atoms with Crippen molar-refractivity contribution in [1.29, 1.82) is 0 Å². The maximum Gasteiger partial charge on any atom is 0.304 e. The predicted molar refractivity (Wildman–Crippen MR) is 67.4 cm³/mol. The van der Waals surface area contributed by atoms with E-state index in [1.54, 1.807) is 0 Å². The third-order valence-electron chi connectivity index (χ3n) is 3.78. The monoisotopic (exact) mass is 253 g/mol. The van der Waals surface area contributed by atoms with Gasteiger partial charge in [-0.05, 0) is 43.0 Å². The summed E-state index contributed by atoms with van der Waals surface area (Å²) in [5, 5.41) is 9.78. The van der Waals surface area contributed by atoms with Gasteiger partial charge in [-0.25, -0.2) is 0 Å². The number of halogens is 1. The van der Waals surface area contributed by atoms with Crippen LogP contribution in [0.1, 0.15) is 30.9 Å². The number of nitrogens with two attached hydrogens (primary N) is 1. The lowest BCUT2D eigenvalue weighted by atomic mass is 9.73. The minimum Gasteiger partial charge on any atom is -0.481 e. The highest BCUT2D eigenvalue weighted by molar-refractivity contribution is 6.30. The molecular formula is C13H16ClNO2. The fourth-order valence-electron chi connectivity index (χ4n) is 2.83. The van der Waals surface area contributed by atoms with E-state index in [0.29, 0.717) is 5.02 Å². The fourth-order valence-corrected chi connectivity index (χ4v) is 3.03. The number of carboxylic acids is 1. The smallest absolute Gasteiger partial charge is 0.304 e. The molecule has 2 atom stereocenters. The normalized spacial score (nSPS) is 24.4. The van der Waals surface area contributed by atoms with Gasteiger partial charge in [0.1, 0.15) is 0 Å². The van der Waals surface area contributed by atoms with Gasteiger partial charge in [-0.1, -0.05) is 17.7 Å². The Morgan fingerprint density at radius 1 is 1.65 bits per heavy atom. The zero-order chi connectivity index (χ0) is 12.6. The Hall–Kier alpha value is -1.06. The number of aliphatic carboxylic acids is 1. The molecule has 2 rings (SSSR count). The Morgan fingerprint density at radius 2 is 2.35 bits per heavy atom. The molecule has 3 nitrogen and oxygen atoms in total. The molecule has 17 heavy (non-hydrogen) atoms. The largest absolute Gasteiger partial charge is 0.481 e. The molecule has 0 radical (unpaired) electrons. The van der Waals surface area contributed by atoms with E-state index < -0.39 is 11.4 Å². The maximum atomic E-state index is 11.1. The summed E-state index contributed by atoms with van der Waals surface area (Å²) in [5.41, 5.74) is 7.79. The van der Waals surface area contributed by atoms with Crippen LogP contribution in [0.25, 0.3) is 0 Å². The van der Waals surface area contributed by atoms with Crippen molar-refractivity contribution in [2.24, 2.45) is 5.73 Å². The molecule has 0 heterocycles. The van der Waals surface area contributed by atoms with Crippen LogP contribution in [0.4, 0.5) is 0 Å². The minimum atomic E-state index is -0.801. The molecule has 1 aliphatic carbocycles. The Balaban J connectivity index is 2.49. The van der Waals surface area contributed by atoms with E-state index in [1.807, 2.05) is 25.1 Å². The number of rotatable bonds is 3. The average molecular weight is 254 g/mol. The first-order valence-corrected chi connectivity index (χ1v) is 6.10. The zero-order valence-corrected chi connectivity index (χ0v) is 10.5. The first kappa shape index (κ1) is 12.4. The van der Waals surface area contributed by atoms with Gasteiger partial charge in [0.25, 0.3) is 0 Å². The summed E-state index contributed by atoms with van der Waals surface area (Å²) in [6, 6.07) is 5.48. The summed E-state index contributed by atoms with van der Waals surface area (Å²) in [6.45, 7) is 1.88. The molecule has 3 N–H and O–H groups in total. The second-order valence-corrected chi connectivity index (χ2v) is 5.25. The van der Waals surface area contributed by atoms with Gasteiger partial charge in [-0.15, -0.1) is 0 Å². The molecule has 1 aromatic rings. The number of hydrogen-bond acceptors (Lipinski definition) is 2. The van der Waals surface area contributed by atoms with Gasteiger partial charge >= 0.3 is 5.97 Å². The van der Waals surface area contributed by atoms with Gasteiger partial charge in [0.2, 0.25) is 0 Å². The Morgan fingerprint density at radius 3 is 2.94 bits per heavy atom. The van der Waals surface area contributed by atoms with E-state index in [2.05, 4.69) is 0 Å². The highest BCUT2D eigenvalue weighted by atomic mass is 35.5. The molecule has 2 unspecified atom stereocenters. The molecule has 0 aliphatic heterocycles. The number of benzene rings is 1. The van der Waals surface area contributed by atoms with Crippen LogP contribution in [0.3, 0.4) is 0 Å². The molecular weight excluding hydrogens is 238 g/mol. The van der Waals surface area contributed by atoms with E-state index in [9.17, 15) is 4.79 Å². The number of carbonyl (C=O) groups is 1. The highest BCUT2D eigenvalue weighted by Gasteiger charge is 2.43. The zero-order valence-electron chi connectivity index (χ0n) is 9.74. The van der Waals surface area contributed by atoms with Gasteiger partial charge in [-0.2, -0.15) is 0 Å². The molecule has 1 aromatic carbocycles. The van der Waals surface area contributed by atoms with Gasteiger partial charge in [0, 0.05) is 16.5 Å². The summed E-state index contributed by atoms with van der Waals surface area (Å²) >= 11 is 5.95. The summed E-state index contributed by atoms with van der Waals surface area (Å²) in [4.78, 5) is 11.1. The summed E-state index contributed by atoms with van der Waals surface area (Å²) in [6.07, 6.45) is 1.72. The fraction of sp³-hybridized carbons (Fsp3) is 0.462. The van der Waals surface area contributed by atoms with Crippen LogP contribution < -0.4 is 5.73 Å². The van der Waals surface area contributed by atoms with Crippen molar-refractivity contribution in [3.63, 3.8) is 0 Å². The SMILES string of the molecule is CC(N)C1(CC(=O)O)CCc2cc(Cl)ccc21. The number of hydrogen-bond donors (Lipinski definition) is 2. The van der Waals surface area contributed by atoms with Crippen LogP contribution in [0.2, 0.25) is 5.02 Å². The molecule has 0 bridgehead atoms. The van der Waals surface area contributed by atoms with E-state index in [-0.39, 0.29) is 12.5 Å². The second kappa shape index (κ2) is 4.31. The maximum absolute atomic E-state index is 11.1. The second-order valence-electron chi connectivity index (χ2n) is 4.82. The van der Waals surface area contributed by atoms with Crippen LogP contribution in [-0.4, -0.2) is 17.1 Å². The lowest BCUT2D eigenvalue weighted by molar-refractivity contribution is -0.138. The van der Waals surface area contributed by atoms with Crippen LogP contribution in [0.15, 0.2) is 18.2 Å². The third-order valence-corrected chi connectivity index (χ3v) is 4.02. The van der Waals surface area contributed by atoms with E-state index in [0.717, 1.165) is 24.0 Å². The lowest BCUT2D eigenvalue weighted by Gasteiger charge is -2.33. The molecule has 0 aromatic heterocycles. The Kier molecular flexibility index (Phi) is 3.15. The van der Waals surface area contributed by atoms with Crippen molar-refractivity contribution < 1.29 is 9.90 Å². The molecule has 0 spiro atoms. The topological polar surface area (TPSA) is 63.3 Å². The van der Waals surface area contributed by atoms with Crippen molar-refractivity contribution in [3.8, 4) is 0 Å². The van der Waals surface area contributed by atoms with Crippen molar-refractivity contribution >= 4 is 17.6 Å². The van der Waals surface area contributed by atoms with Gasteiger partial charge in [-0.3, -0.25) is 4.79 Å². The van der Waals surface area contributed by atoms with E-state index >= 15 is 0 Å². The standard InChI is InChI=1S/C13H16ClNO2/c1-8(15)13(7-12(16)17)5-4-9-6-10(14)2-3-11(9)13/h2-3,6,8H,4-5,7,15H2,1H3,(H,16,17). The van der Waals surface area contributed by atoms with Crippen LogP contribution in [0, 0.1) is 0 Å². The van der Waals surface area contributed by atoms with E-state index in [4.69, 9.17) is 22.4 Å². The van der Waals surface area contributed by atoms with Gasteiger partial charge in [0.15, 0.2) is 0 Å². The third kappa shape index (κ3) is 2.05. The minimum absolute atomic E-state index is 0.0826. The van der Waals surface area contributed by atoms with Gasteiger partial charge in [0.05, 0.1) is 6.42 Å². The molecule has 0 fully saturated rings. The lowest BCUT2D eigenvalue weighted by Crippen LogP contribution is -2.43. The molecule has 0 saturated heterocycles. The molecule has 1 aliphatic rings. The summed E-state index contributed by atoms with van der Waals surface area (Å²) in [5.74, 6) is -0.801. The number of aryl methyl sites for hydroxylation is 1. The molecule has 92 valence electrons. The average Bonchev–Trinajstić information content (AvgIpc) is 2.57. The summed E-state index contributed by atoms with van der Waals surface area (Å²) < 4.78 is 0. The van der Waals surface area contributed by atoms with Crippen LogP contribution >= 0.6 is 11.6 Å². The molecule has 4 heteroatoms. The van der Waals surface area contributed by atoms with Gasteiger partial charge < -0.3 is 10.8 Å². The van der Waals surface area contributed by atoms with Crippen molar-refractivity contribution in [2.45, 2.75) is 37.6 Å². The Bertz CT molecular complexity index is 459. The highest BCUT2D eigenvalue weighted by Crippen LogP contribution is 2.44. The number of fused-ring (bicyclic) bond motifs is 1. The van der Waals surface area contributed by atoms with Crippen LogP contribution in [-0.2, 0) is 16.6 Å². The van der Waals surface area contributed by atoms with Crippen molar-refractivity contribution in [1.82, 2.24) is 0 Å². The summed E-state index contributed by atoms with van der Waals surface area (Å²) in [7, 11) is 0. The quantitative estimate of drug-likeness (QED) is 0.869.